The molecule has 0 aliphatic rings. The Morgan fingerprint density at radius 3 is 2.70 bits per heavy atom. The van der Waals surface area contributed by atoms with Crippen LogP contribution in [0.4, 0.5) is 5.82 Å². The van der Waals surface area contributed by atoms with Crippen LogP contribution in [-0.2, 0) is 9.53 Å². The van der Waals surface area contributed by atoms with Gasteiger partial charge in [-0.2, -0.15) is 0 Å². The van der Waals surface area contributed by atoms with Crippen molar-refractivity contribution in [2.75, 3.05) is 11.9 Å². The van der Waals surface area contributed by atoms with Crippen molar-refractivity contribution in [3.8, 4) is 21.8 Å². The lowest BCUT2D eigenvalue weighted by atomic mass is 10.1. The summed E-state index contributed by atoms with van der Waals surface area (Å²) in [6.07, 6.45) is 1.60. The minimum absolute atomic E-state index is 0.202. The summed E-state index contributed by atoms with van der Waals surface area (Å²) in [5.74, 6) is -0.160. The highest BCUT2D eigenvalue weighted by molar-refractivity contribution is 7.17. The van der Waals surface area contributed by atoms with E-state index in [4.69, 9.17) is 9.72 Å². The summed E-state index contributed by atoms with van der Waals surface area (Å²) >= 11 is 1.27. The first-order valence-corrected chi connectivity index (χ1v) is 9.29. The summed E-state index contributed by atoms with van der Waals surface area (Å²) in [5.41, 5.74) is 3.28. The first kappa shape index (κ1) is 18.7. The summed E-state index contributed by atoms with van der Waals surface area (Å²) in [5, 5.41) is 3.31. The number of hydrogen-bond donors (Lipinski definition) is 1. The van der Waals surface area contributed by atoms with Crippen molar-refractivity contribution in [3.05, 3.63) is 53.0 Å². The van der Waals surface area contributed by atoms with Gasteiger partial charge in [-0.3, -0.25) is 4.79 Å². The highest BCUT2D eigenvalue weighted by Crippen LogP contribution is 2.36. The van der Waals surface area contributed by atoms with Crippen LogP contribution >= 0.6 is 11.3 Å². The quantitative estimate of drug-likeness (QED) is 0.666. The molecule has 0 aliphatic heterocycles. The molecule has 138 valence electrons. The molecule has 2 aromatic heterocycles. The van der Waals surface area contributed by atoms with E-state index in [0.717, 1.165) is 16.7 Å². The van der Waals surface area contributed by atoms with Gasteiger partial charge in [-0.25, -0.2) is 14.8 Å². The Kier molecular flexibility index (Phi) is 5.61. The predicted molar refractivity (Wildman–Crippen MR) is 106 cm³/mol. The van der Waals surface area contributed by atoms with Gasteiger partial charge in [0.2, 0.25) is 5.91 Å². The fourth-order valence-corrected chi connectivity index (χ4v) is 3.58. The summed E-state index contributed by atoms with van der Waals surface area (Å²) in [6.45, 7) is 5.47. The van der Waals surface area contributed by atoms with E-state index in [9.17, 15) is 9.59 Å². The van der Waals surface area contributed by atoms with E-state index >= 15 is 0 Å². The van der Waals surface area contributed by atoms with Crippen LogP contribution in [0.15, 0.2) is 42.6 Å². The Bertz CT molecular complexity index is 998. The number of thiazole rings is 1. The topological polar surface area (TPSA) is 81.2 Å². The van der Waals surface area contributed by atoms with Crippen LogP contribution < -0.4 is 5.32 Å². The van der Waals surface area contributed by atoms with Gasteiger partial charge in [-0.1, -0.05) is 24.3 Å². The molecule has 6 nitrogen and oxygen atoms in total. The largest absolute Gasteiger partial charge is 0.462 e. The lowest BCUT2D eigenvalue weighted by Crippen LogP contribution is -2.07. The van der Waals surface area contributed by atoms with Crippen molar-refractivity contribution >= 4 is 29.0 Å². The van der Waals surface area contributed by atoms with Crippen molar-refractivity contribution in [2.24, 2.45) is 0 Å². The molecule has 3 rings (SSSR count). The molecule has 0 unspecified atom stereocenters. The molecule has 0 saturated heterocycles. The number of benzene rings is 1. The van der Waals surface area contributed by atoms with Crippen LogP contribution in [0.5, 0.6) is 0 Å². The van der Waals surface area contributed by atoms with E-state index in [-0.39, 0.29) is 5.91 Å². The fraction of sp³-hybridized carbons (Fsp3) is 0.200. The zero-order chi connectivity index (χ0) is 19.4. The molecule has 0 fully saturated rings. The minimum Gasteiger partial charge on any atom is -0.462 e. The van der Waals surface area contributed by atoms with Crippen molar-refractivity contribution in [2.45, 2.75) is 20.8 Å². The van der Waals surface area contributed by atoms with Gasteiger partial charge in [0.1, 0.15) is 15.7 Å². The van der Waals surface area contributed by atoms with Crippen LogP contribution in [-0.4, -0.2) is 28.5 Å². The maximum Gasteiger partial charge on any atom is 0.350 e. The number of amides is 1. The minimum atomic E-state index is -0.393. The van der Waals surface area contributed by atoms with Crippen molar-refractivity contribution in [1.29, 1.82) is 0 Å². The van der Waals surface area contributed by atoms with Crippen LogP contribution in [0, 0.1) is 6.92 Å². The van der Waals surface area contributed by atoms with E-state index in [1.165, 1.54) is 18.3 Å². The lowest BCUT2D eigenvalue weighted by Gasteiger charge is -2.05. The molecule has 1 aromatic carbocycles. The van der Waals surface area contributed by atoms with Gasteiger partial charge >= 0.3 is 5.97 Å². The SMILES string of the molecule is CCOC(=O)c1sc(-c2ccnc(NC(C)=O)c2)nc1-c1ccccc1C. The van der Waals surface area contributed by atoms with Gasteiger partial charge in [0.15, 0.2) is 0 Å². The standard InChI is InChI=1S/C20H19N3O3S/c1-4-26-20(25)18-17(15-8-6-5-7-12(15)2)23-19(27-18)14-9-10-21-16(11-14)22-13(3)24/h5-11H,4H2,1-3H3,(H,21,22,24). The van der Waals surface area contributed by atoms with E-state index in [1.807, 2.05) is 31.2 Å². The number of esters is 1. The number of carbonyl (C=O) groups excluding carboxylic acids is 2. The molecule has 27 heavy (non-hydrogen) atoms. The van der Waals surface area contributed by atoms with Crippen molar-refractivity contribution < 1.29 is 14.3 Å². The van der Waals surface area contributed by atoms with E-state index < -0.39 is 5.97 Å². The number of hydrogen-bond acceptors (Lipinski definition) is 6. The number of aryl methyl sites for hydroxylation is 1. The van der Waals surface area contributed by atoms with Crippen molar-refractivity contribution in [3.63, 3.8) is 0 Å². The Labute approximate surface area is 161 Å². The molecule has 7 heteroatoms. The number of pyridine rings is 1. The number of carbonyl (C=O) groups is 2. The molecule has 0 bridgehead atoms. The Morgan fingerprint density at radius 1 is 1.22 bits per heavy atom. The van der Waals surface area contributed by atoms with Gasteiger partial charge in [-0.15, -0.1) is 11.3 Å². The summed E-state index contributed by atoms with van der Waals surface area (Å²) in [4.78, 5) is 33.1. The second-order valence-electron chi connectivity index (χ2n) is 5.84. The second-order valence-corrected chi connectivity index (χ2v) is 6.84. The molecule has 3 aromatic rings. The molecule has 1 N–H and O–H groups in total. The summed E-state index contributed by atoms with van der Waals surface area (Å²) < 4.78 is 5.22. The van der Waals surface area contributed by atoms with Crippen LogP contribution in [0.3, 0.4) is 0 Å². The predicted octanol–water partition coefficient (Wildman–Crippen LogP) is 4.32. The van der Waals surface area contributed by atoms with Crippen LogP contribution in [0.1, 0.15) is 29.1 Å². The molecular formula is C20H19N3O3S. The lowest BCUT2D eigenvalue weighted by molar-refractivity contribution is -0.114. The number of aromatic nitrogens is 2. The van der Waals surface area contributed by atoms with E-state index in [2.05, 4.69) is 10.3 Å². The number of rotatable bonds is 5. The monoisotopic (exact) mass is 381 g/mol. The molecule has 0 aliphatic carbocycles. The van der Waals surface area contributed by atoms with E-state index in [1.54, 1.807) is 25.3 Å². The maximum absolute atomic E-state index is 12.5. The molecule has 0 spiro atoms. The molecule has 2 heterocycles. The third-order valence-electron chi connectivity index (χ3n) is 3.80. The first-order valence-electron chi connectivity index (χ1n) is 8.47. The first-order chi connectivity index (χ1) is 13.0. The molecule has 0 atom stereocenters. The van der Waals surface area contributed by atoms with Crippen molar-refractivity contribution in [1.82, 2.24) is 9.97 Å². The molecule has 0 saturated carbocycles. The third kappa shape index (κ3) is 4.20. The van der Waals surface area contributed by atoms with Gasteiger partial charge in [0.25, 0.3) is 0 Å². The third-order valence-corrected chi connectivity index (χ3v) is 4.88. The van der Waals surface area contributed by atoms with Gasteiger partial charge < -0.3 is 10.1 Å². The zero-order valence-electron chi connectivity index (χ0n) is 15.3. The Balaban J connectivity index is 2.10. The van der Waals surface area contributed by atoms with Gasteiger partial charge in [-0.05, 0) is 31.5 Å². The normalized spacial score (nSPS) is 10.5. The average Bonchev–Trinajstić information content (AvgIpc) is 3.07. The number of anilines is 1. The zero-order valence-corrected chi connectivity index (χ0v) is 16.1. The Morgan fingerprint density at radius 2 is 2.00 bits per heavy atom. The fourth-order valence-electron chi connectivity index (χ4n) is 2.61. The Hall–Kier alpha value is -3.06. The number of ether oxygens (including phenoxy) is 1. The van der Waals surface area contributed by atoms with Crippen LogP contribution in [0.25, 0.3) is 21.8 Å². The molecule has 0 radical (unpaired) electrons. The highest BCUT2D eigenvalue weighted by atomic mass is 32.1. The number of nitrogens with zero attached hydrogens (tertiary/aromatic N) is 2. The van der Waals surface area contributed by atoms with Gasteiger partial charge in [0, 0.05) is 24.2 Å². The summed E-state index contributed by atoms with van der Waals surface area (Å²) in [6, 6.07) is 11.3. The van der Waals surface area contributed by atoms with E-state index in [0.29, 0.717) is 28.0 Å². The second kappa shape index (κ2) is 8.09. The van der Waals surface area contributed by atoms with Crippen LogP contribution in [0.2, 0.25) is 0 Å². The van der Waals surface area contributed by atoms with Gasteiger partial charge in [0.05, 0.1) is 12.3 Å². The summed E-state index contributed by atoms with van der Waals surface area (Å²) in [7, 11) is 0. The molecule has 1 amide bonds. The maximum atomic E-state index is 12.5. The molecular weight excluding hydrogens is 362 g/mol. The number of nitrogens with one attached hydrogen (secondary N) is 1. The average molecular weight is 381 g/mol. The smallest absolute Gasteiger partial charge is 0.350 e. The highest BCUT2D eigenvalue weighted by Gasteiger charge is 2.22.